The molecule has 1 atom stereocenters. The van der Waals surface area contributed by atoms with Crippen molar-refractivity contribution >= 4 is 5.71 Å². The zero-order valence-electron chi connectivity index (χ0n) is 8.44. The van der Waals surface area contributed by atoms with Gasteiger partial charge in [0.05, 0.1) is 6.17 Å². The van der Waals surface area contributed by atoms with E-state index in [1.165, 1.54) is 5.71 Å². The van der Waals surface area contributed by atoms with E-state index in [1.54, 1.807) is 6.92 Å². The zero-order chi connectivity index (χ0) is 9.40. The van der Waals surface area contributed by atoms with Crippen LogP contribution < -0.4 is 0 Å². The molecule has 12 heavy (non-hydrogen) atoms. The molecule has 0 aliphatic heterocycles. The maximum absolute atomic E-state index is 12.5. The lowest BCUT2D eigenvalue weighted by Crippen LogP contribution is -2.03. The summed E-state index contributed by atoms with van der Waals surface area (Å²) in [7, 11) is 0. The van der Waals surface area contributed by atoms with Crippen LogP contribution in [0.5, 0.6) is 0 Å². The number of rotatable bonds is 6. The smallest absolute Gasteiger partial charge is 0.0977 e. The Hall–Kier alpha value is -0.400. The lowest BCUT2D eigenvalue weighted by molar-refractivity contribution is 0.345. The van der Waals surface area contributed by atoms with Gasteiger partial charge in [0.15, 0.2) is 0 Å². The van der Waals surface area contributed by atoms with Crippen LogP contribution in [-0.4, -0.2) is 18.4 Å². The van der Waals surface area contributed by atoms with Crippen molar-refractivity contribution in [1.82, 2.24) is 0 Å². The van der Waals surface area contributed by atoms with Crippen LogP contribution in [0, 0.1) is 0 Å². The molecule has 0 heterocycles. The highest BCUT2D eigenvalue weighted by Gasteiger charge is 2.02. The molecule has 0 spiro atoms. The van der Waals surface area contributed by atoms with E-state index in [9.17, 15) is 4.39 Å². The monoisotopic (exact) mass is 173 g/mol. The minimum atomic E-state index is -0.691. The molecule has 0 bridgehead atoms. The molecular formula is C10H20FN. The fourth-order valence-electron chi connectivity index (χ4n) is 1.16. The lowest BCUT2D eigenvalue weighted by Gasteiger charge is -2.05. The summed E-state index contributed by atoms with van der Waals surface area (Å²) in [5.74, 6) is 0. The quantitative estimate of drug-likeness (QED) is 0.546. The predicted molar refractivity (Wildman–Crippen MR) is 52.7 cm³/mol. The standard InChI is InChI=1S/C10H20FN/c1-4-6-10(12-5-2)8-7-9(3)11/h9H,4-8H2,1-3H3. The summed E-state index contributed by atoms with van der Waals surface area (Å²) in [4.78, 5) is 4.34. The molecule has 2 heteroatoms. The summed E-state index contributed by atoms with van der Waals surface area (Å²) >= 11 is 0. The summed E-state index contributed by atoms with van der Waals surface area (Å²) in [6, 6.07) is 0. The molecule has 0 fully saturated rings. The van der Waals surface area contributed by atoms with Crippen molar-refractivity contribution < 1.29 is 4.39 Å². The zero-order valence-corrected chi connectivity index (χ0v) is 8.44. The summed E-state index contributed by atoms with van der Waals surface area (Å²) in [6.07, 6.45) is 2.90. The van der Waals surface area contributed by atoms with Crippen LogP contribution >= 0.6 is 0 Å². The van der Waals surface area contributed by atoms with E-state index in [0.717, 1.165) is 25.8 Å². The highest BCUT2D eigenvalue weighted by atomic mass is 19.1. The van der Waals surface area contributed by atoms with Gasteiger partial charge in [0, 0.05) is 12.3 Å². The van der Waals surface area contributed by atoms with Gasteiger partial charge in [0.2, 0.25) is 0 Å². The first-order chi connectivity index (χ1) is 5.70. The van der Waals surface area contributed by atoms with Crippen LogP contribution in [-0.2, 0) is 0 Å². The molecule has 0 aliphatic rings. The van der Waals surface area contributed by atoms with Crippen molar-refractivity contribution in [3.63, 3.8) is 0 Å². The Bertz CT molecular complexity index is 130. The van der Waals surface area contributed by atoms with Gasteiger partial charge in [-0.25, -0.2) is 4.39 Å². The van der Waals surface area contributed by atoms with Crippen molar-refractivity contribution in [1.29, 1.82) is 0 Å². The minimum Gasteiger partial charge on any atom is -0.294 e. The van der Waals surface area contributed by atoms with E-state index in [4.69, 9.17) is 0 Å². The number of hydrogen-bond donors (Lipinski definition) is 0. The maximum atomic E-state index is 12.5. The molecule has 0 radical (unpaired) electrons. The van der Waals surface area contributed by atoms with Gasteiger partial charge in [0.25, 0.3) is 0 Å². The molecule has 1 unspecified atom stereocenters. The van der Waals surface area contributed by atoms with Crippen molar-refractivity contribution in [2.24, 2.45) is 4.99 Å². The van der Waals surface area contributed by atoms with Gasteiger partial charge < -0.3 is 0 Å². The summed E-state index contributed by atoms with van der Waals surface area (Å²) < 4.78 is 12.5. The van der Waals surface area contributed by atoms with E-state index >= 15 is 0 Å². The van der Waals surface area contributed by atoms with E-state index < -0.39 is 6.17 Å². The third kappa shape index (κ3) is 6.32. The van der Waals surface area contributed by atoms with Gasteiger partial charge in [-0.3, -0.25) is 4.99 Å². The van der Waals surface area contributed by atoms with E-state index in [2.05, 4.69) is 11.9 Å². The molecule has 0 saturated heterocycles. The topological polar surface area (TPSA) is 12.4 Å². The fraction of sp³-hybridized carbons (Fsp3) is 0.900. The second-order valence-corrected chi connectivity index (χ2v) is 3.11. The Morgan fingerprint density at radius 1 is 1.33 bits per heavy atom. The summed E-state index contributed by atoms with van der Waals surface area (Å²) in [6.45, 7) is 6.59. The van der Waals surface area contributed by atoms with E-state index in [0.29, 0.717) is 6.42 Å². The van der Waals surface area contributed by atoms with Gasteiger partial charge in [-0.15, -0.1) is 0 Å². The number of nitrogens with zero attached hydrogens (tertiary/aromatic N) is 1. The van der Waals surface area contributed by atoms with Crippen LogP contribution in [0.2, 0.25) is 0 Å². The lowest BCUT2D eigenvalue weighted by atomic mass is 10.1. The third-order valence-electron chi connectivity index (χ3n) is 1.75. The predicted octanol–water partition coefficient (Wildman–Crippen LogP) is 3.39. The van der Waals surface area contributed by atoms with Crippen molar-refractivity contribution in [2.75, 3.05) is 6.54 Å². The Balaban J connectivity index is 3.71. The Morgan fingerprint density at radius 3 is 2.42 bits per heavy atom. The second kappa shape index (κ2) is 7.26. The van der Waals surface area contributed by atoms with E-state index in [-0.39, 0.29) is 0 Å². The van der Waals surface area contributed by atoms with Crippen molar-refractivity contribution in [3.05, 3.63) is 0 Å². The molecule has 0 aromatic heterocycles. The molecule has 0 N–H and O–H groups in total. The molecule has 1 nitrogen and oxygen atoms in total. The molecular weight excluding hydrogens is 153 g/mol. The first-order valence-corrected chi connectivity index (χ1v) is 4.86. The van der Waals surface area contributed by atoms with Crippen LogP contribution in [0.25, 0.3) is 0 Å². The Labute approximate surface area is 75.1 Å². The van der Waals surface area contributed by atoms with Crippen LogP contribution in [0.3, 0.4) is 0 Å². The first kappa shape index (κ1) is 11.6. The van der Waals surface area contributed by atoms with Gasteiger partial charge >= 0.3 is 0 Å². The number of halogens is 1. The molecule has 0 saturated carbocycles. The Kier molecular flexibility index (Phi) is 7.02. The van der Waals surface area contributed by atoms with Crippen LogP contribution in [0.1, 0.15) is 46.5 Å². The first-order valence-electron chi connectivity index (χ1n) is 4.86. The van der Waals surface area contributed by atoms with Gasteiger partial charge in [-0.1, -0.05) is 13.3 Å². The van der Waals surface area contributed by atoms with Crippen LogP contribution in [0.15, 0.2) is 4.99 Å². The molecule has 0 aromatic carbocycles. The van der Waals surface area contributed by atoms with Crippen molar-refractivity contribution in [2.45, 2.75) is 52.6 Å². The third-order valence-corrected chi connectivity index (χ3v) is 1.75. The van der Waals surface area contributed by atoms with Gasteiger partial charge in [-0.2, -0.15) is 0 Å². The van der Waals surface area contributed by atoms with Gasteiger partial charge in [-0.05, 0) is 33.1 Å². The van der Waals surface area contributed by atoms with Gasteiger partial charge in [0.1, 0.15) is 0 Å². The summed E-state index contributed by atoms with van der Waals surface area (Å²) in [5.41, 5.74) is 1.18. The molecule has 0 aliphatic carbocycles. The van der Waals surface area contributed by atoms with Crippen molar-refractivity contribution in [3.8, 4) is 0 Å². The average Bonchev–Trinajstić information content (AvgIpc) is 2.01. The number of alkyl halides is 1. The van der Waals surface area contributed by atoms with E-state index in [1.807, 2.05) is 6.92 Å². The normalized spacial score (nSPS) is 14.8. The molecule has 0 rings (SSSR count). The summed E-state index contributed by atoms with van der Waals surface area (Å²) in [5, 5.41) is 0. The largest absolute Gasteiger partial charge is 0.294 e. The fourth-order valence-corrected chi connectivity index (χ4v) is 1.16. The second-order valence-electron chi connectivity index (χ2n) is 3.11. The highest BCUT2D eigenvalue weighted by molar-refractivity contribution is 5.84. The number of hydrogen-bond acceptors (Lipinski definition) is 1. The molecule has 72 valence electrons. The van der Waals surface area contributed by atoms with Crippen LogP contribution in [0.4, 0.5) is 4.39 Å². The number of aliphatic imine (C=N–C) groups is 1. The SMILES string of the molecule is CCCC(CCC(C)F)=NCC. The minimum absolute atomic E-state index is 0.624. The maximum Gasteiger partial charge on any atom is 0.0977 e. The molecule has 0 aromatic rings. The molecule has 0 amide bonds. The highest BCUT2D eigenvalue weighted by Crippen LogP contribution is 2.06. The Morgan fingerprint density at radius 2 is 2.00 bits per heavy atom. The average molecular weight is 173 g/mol.